The Kier molecular flexibility index (Phi) is 5.48. The summed E-state index contributed by atoms with van der Waals surface area (Å²) in [4.78, 5) is 9.40. The van der Waals surface area contributed by atoms with Crippen LogP contribution in [0.5, 0.6) is 5.75 Å². The van der Waals surface area contributed by atoms with Crippen LogP contribution < -0.4 is 15.0 Å². The van der Waals surface area contributed by atoms with Crippen LogP contribution in [0.1, 0.15) is 5.56 Å². The van der Waals surface area contributed by atoms with E-state index >= 15 is 0 Å². The predicted molar refractivity (Wildman–Crippen MR) is 121 cm³/mol. The summed E-state index contributed by atoms with van der Waals surface area (Å²) in [6.45, 7) is 8.04. The molecular formula is C23H28N6O2. The molecule has 0 radical (unpaired) electrons. The number of aromatic nitrogens is 3. The van der Waals surface area contributed by atoms with E-state index in [1.54, 1.807) is 18.1 Å². The van der Waals surface area contributed by atoms with E-state index in [9.17, 15) is 0 Å². The minimum absolute atomic E-state index is 0.571. The van der Waals surface area contributed by atoms with Crippen LogP contribution in [-0.2, 0) is 4.74 Å². The van der Waals surface area contributed by atoms with Gasteiger partial charge in [-0.2, -0.15) is 4.98 Å². The lowest BCUT2D eigenvalue weighted by molar-refractivity contribution is 0.0105. The Bertz CT molecular complexity index is 1020. The fourth-order valence-corrected chi connectivity index (χ4v) is 4.17. The second-order valence-electron chi connectivity index (χ2n) is 8.10. The predicted octanol–water partition coefficient (Wildman–Crippen LogP) is 2.85. The fraction of sp³-hybridized carbons (Fsp3) is 0.391. The van der Waals surface area contributed by atoms with E-state index in [2.05, 4.69) is 50.3 Å². The van der Waals surface area contributed by atoms with Crippen LogP contribution >= 0.6 is 0 Å². The number of benzene rings is 2. The highest BCUT2D eigenvalue weighted by Gasteiger charge is 2.32. The number of ether oxygens (including phenoxy) is 2. The first-order valence-electron chi connectivity index (χ1n) is 10.7. The van der Waals surface area contributed by atoms with Gasteiger partial charge in [-0.15, -0.1) is 5.10 Å². The standard InChI is InChI=1S/C23H28N6O2/c1-17-11-18(13-20(12-17)28-14-21(15-28)27-7-9-31-10-8-27)25-23-24-16-29(26-23)19-3-5-22(30-2)6-4-19/h3-6,11-13,16,21H,7-10,14-15H2,1-2H3,(H,25,26). The summed E-state index contributed by atoms with van der Waals surface area (Å²) in [7, 11) is 1.66. The molecule has 5 rings (SSSR count). The number of nitrogens with one attached hydrogen (secondary N) is 1. The molecule has 8 heteroatoms. The van der Waals surface area contributed by atoms with Crippen molar-refractivity contribution in [2.45, 2.75) is 13.0 Å². The van der Waals surface area contributed by atoms with Gasteiger partial charge in [-0.3, -0.25) is 4.90 Å². The summed E-state index contributed by atoms with van der Waals surface area (Å²) in [6, 6.07) is 14.9. The van der Waals surface area contributed by atoms with E-state index < -0.39 is 0 Å². The zero-order chi connectivity index (χ0) is 21.2. The van der Waals surface area contributed by atoms with Crippen LogP contribution in [0.15, 0.2) is 48.8 Å². The number of nitrogens with zero attached hydrogens (tertiary/aromatic N) is 5. The fourth-order valence-electron chi connectivity index (χ4n) is 4.17. The van der Waals surface area contributed by atoms with Crippen molar-refractivity contribution in [3.63, 3.8) is 0 Å². The maximum atomic E-state index is 5.48. The van der Waals surface area contributed by atoms with Crippen molar-refractivity contribution in [1.29, 1.82) is 0 Å². The van der Waals surface area contributed by atoms with E-state index in [1.807, 2.05) is 24.3 Å². The average molecular weight is 421 g/mol. The summed E-state index contributed by atoms with van der Waals surface area (Å²) in [5.74, 6) is 1.39. The van der Waals surface area contributed by atoms with Crippen molar-refractivity contribution in [2.75, 3.05) is 56.7 Å². The summed E-state index contributed by atoms with van der Waals surface area (Å²) >= 11 is 0. The molecule has 2 aliphatic heterocycles. The van der Waals surface area contributed by atoms with Gasteiger partial charge in [-0.25, -0.2) is 4.68 Å². The molecule has 0 unspecified atom stereocenters. The van der Waals surface area contributed by atoms with Crippen LogP contribution in [0, 0.1) is 6.92 Å². The molecule has 0 atom stereocenters. The van der Waals surface area contributed by atoms with Gasteiger partial charge in [-0.1, -0.05) is 0 Å². The lowest BCUT2D eigenvalue weighted by atomic mass is 10.0. The summed E-state index contributed by atoms with van der Waals surface area (Å²) < 4.78 is 12.4. The Balaban J connectivity index is 1.25. The maximum Gasteiger partial charge on any atom is 0.246 e. The number of aryl methyl sites for hydroxylation is 1. The van der Waals surface area contributed by atoms with Gasteiger partial charge < -0.3 is 19.7 Å². The summed E-state index contributed by atoms with van der Waals surface area (Å²) in [5, 5.41) is 7.92. The number of hydrogen-bond acceptors (Lipinski definition) is 7. The monoisotopic (exact) mass is 420 g/mol. The molecule has 3 aromatic rings. The molecule has 0 aliphatic carbocycles. The van der Waals surface area contributed by atoms with Crippen LogP contribution in [-0.4, -0.2) is 72.2 Å². The smallest absolute Gasteiger partial charge is 0.246 e. The van der Waals surface area contributed by atoms with Gasteiger partial charge in [0, 0.05) is 43.6 Å². The molecule has 2 aliphatic rings. The molecule has 2 saturated heterocycles. The van der Waals surface area contributed by atoms with Gasteiger partial charge in [0.15, 0.2) is 0 Å². The Labute approximate surface area is 182 Å². The number of hydrogen-bond donors (Lipinski definition) is 1. The second-order valence-corrected chi connectivity index (χ2v) is 8.10. The molecular weight excluding hydrogens is 392 g/mol. The lowest BCUT2D eigenvalue weighted by Gasteiger charge is -2.47. The number of anilines is 3. The molecule has 2 fully saturated rings. The Morgan fingerprint density at radius 2 is 1.81 bits per heavy atom. The second kappa shape index (κ2) is 8.56. The Hall–Kier alpha value is -3.10. The third-order valence-corrected chi connectivity index (χ3v) is 5.94. The van der Waals surface area contributed by atoms with Crippen LogP contribution in [0.2, 0.25) is 0 Å². The van der Waals surface area contributed by atoms with E-state index in [0.717, 1.165) is 56.5 Å². The summed E-state index contributed by atoms with van der Waals surface area (Å²) in [6.07, 6.45) is 1.71. The van der Waals surface area contributed by atoms with Crippen LogP contribution in [0.4, 0.5) is 17.3 Å². The van der Waals surface area contributed by atoms with Crippen molar-refractivity contribution >= 4 is 17.3 Å². The van der Waals surface area contributed by atoms with Crippen LogP contribution in [0.3, 0.4) is 0 Å². The maximum absolute atomic E-state index is 5.48. The lowest BCUT2D eigenvalue weighted by Crippen LogP contribution is -2.61. The van der Waals surface area contributed by atoms with Crippen LogP contribution in [0.25, 0.3) is 5.69 Å². The van der Waals surface area contributed by atoms with Gasteiger partial charge in [0.1, 0.15) is 12.1 Å². The topological polar surface area (TPSA) is 67.7 Å². The molecule has 0 bridgehead atoms. The zero-order valence-electron chi connectivity index (χ0n) is 18.0. The van der Waals surface area contributed by atoms with E-state index in [0.29, 0.717) is 12.0 Å². The van der Waals surface area contributed by atoms with Gasteiger partial charge in [0.2, 0.25) is 5.95 Å². The number of morpholine rings is 1. The summed E-state index contributed by atoms with van der Waals surface area (Å²) in [5.41, 5.74) is 4.38. The quantitative estimate of drug-likeness (QED) is 0.658. The minimum atomic E-state index is 0.571. The molecule has 3 heterocycles. The van der Waals surface area contributed by atoms with Crippen molar-refractivity contribution in [1.82, 2.24) is 19.7 Å². The van der Waals surface area contributed by atoms with Gasteiger partial charge in [0.25, 0.3) is 0 Å². The molecule has 0 amide bonds. The highest BCUT2D eigenvalue weighted by Crippen LogP contribution is 2.29. The first kappa shape index (κ1) is 19.8. The highest BCUT2D eigenvalue weighted by atomic mass is 16.5. The van der Waals surface area contributed by atoms with Gasteiger partial charge in [-0.05, 0) is 55.0 Å². The molecule has 0 saturated carbocycles. The molecule has 31 heavy (non-hydrogen) atoms. The van der Waals surface area contributed by atoms with Gasteiger partial charge >= 0.3 is 0 Å². The van der Waals surface area contributed by atoms with Crippen molar-refractivity contribution in [2.24, 2.45) is 0 Å². The Morgan fingerprint density at radius 3 is 2.55 bits per heavy atom. The van der Waals surface area contributed by atoms with Crippen molar-refractivity contribution in [3.8, 4) is 11.4 Å². The average Bonchev–Trinajstić information content (AvgIpc) is 3.21. The molecule has 1 aromatic heterocycles. The third kappa shape index (κ3) is 4.35. The third-order valence-electron chi connectivity index (χ3n) is 5.94. The van der Waals surface area contributed by atoms with E-state index in [1.165, 1.54) is 11.3 Å². The number of methoxy groups -OCH3 is 1. The molecule has 0 spiro atoms. The molecule has 162 valence electrons. The van der Waals surface area contributed by atoms with Crippen molar-refractivity contribution in [3.05, 3.63) is 54.4 Å². The number of rotatable bonds is 6. The first-order chi connectivity index (χ1) is 15.2. The molecule has 2 aromatic carbocycles. The zero-order valence-corrected chi connectivity index (χ0v) is 18.0. The van der Waals surface area contributed by atoms with Crippen molar-refractivity contribution < 1.29 is 9.47 Å². The molecule has 1 N–H and O–H groups in total. The largest absolute Gasteiger partial charge is 0.497 e. The highest BCUT2D eigenvalue weighted by molar-refractivity contribution is 5.65. The normalized spacial score (nSPS) is 17.4. The SMILES string of the molecule is COc1ccc(-n2cnc(Nc3cc(C)cc(N4CC(N5CCOCC5)C4)c3)n2)cc1. The Morgan fingerprint density at radius 1 is 1.03 bits per heavy atom. The van der Waals surface area contributed by atoms with E-state index in [4.69, 9.17) is 9.47 Å². The van der Waals surface area contributed by atoms with E-state index in [-0.39, 0.29) is 0 Å². The van der Waals surface area contributed by atoms with Gasteiger partial charge in [0.05, 0.1) is 26.0 Å². The molecule has 8 nitrogen and oxygen atoms in total. The first-order valence-corrected chi connectivity index (χ1v) is 10.7. The minimum Gasteiger partial charge on any atom is -0.497 e.